The summed E-state index contributed by atoms with van der Waals surface area (Å²) in [5, 5.41) is 0. The van der Waals surface area contributed by atoms with Crippen molar-refractivity contribution in [2.24, 2.45) is 5.73 Å². The second kappa shape index (κ2) is 4.39. The van der Waals surface area contributed by atoms with Crippen molar-refractivity contribution in [3.05, 3.63) is 0 Å². The van der Waals surface area contributed by atoms with Crippen molar-refractivity contribution in [2.45, 2.75) is 37.8 Å². The summed E-state index contributed by atoms with van der Waals surface area (Å²) in [5.74, 6) is 0.717. The van der Waals surface area contributed by atoms with Crippen LogP contribution in [0.4, 0.5) is 0 Å². The van der Waals surface area contributed by atoms with Gasteiger partial charge in [-0.15, -0.1) is 0 Å². The average molecular weight is 232 g/mol. The monoisotopic (exact) mass is 232 g/mol. The second-order valence-electron chi connectivity index (χ2n) is 4.67. The molecule has 5 heteroatoms. The van der Waals surface area contributed by atoms with E-state index in [4.69, 9.17) is 5.73 Å². The standard InChI is InChI=1S/C10H20N2O2S/c11-5-6-12(9-2-1-3-9)10-4-7-15(13,14)8-10/h9-10H,1-8,11H2. The first-order valence-electron chi connectivity index (χ1n) is 5.78. The maximum atomic E-state index is 11.4. The lowest BCUT2D eigenvalue weighted by atomic mass is 9.90. The summed E-state index contributed by atoms with van der Waals surface area (Å²) in [6.07, 6.45) is 4.52. The Labute approximate surface area is 91.7 Å². The molecule has 1 heterocycles. The van der Waals surface area contributed by atoms with Crippen LogP contribution in [0.25, 0.3) is 0 Å². The highest BCUT2D eigenvalue weighted by Crippen LogP contribution is 2.29. The van der Waals surface area contributed by atoms with Gasteiger partial charge in [-0.05, 0) is 19.3 Å². The second-order valence-corrected chi connectivity index (χ2v) is 6.90. The molecule has 1 atom stereocenters. The third kappa shape index (κ3) is 2.52. The Morgan fingerprint density at radius 3 is 2.33 bits per heavy atom. The molecule has 0 aromatic carbocycles. The Balaban J connectivity index is 1.98. The van der Waals surface area contributed by atoms with Crippen LogP contribution in [0.15, 0.2) is 0 Å². The van der Waals surface area contributed by atoms with E-state index in [2.05, 4.69) is 4.90 Å². The minimum Gasteiger partial charge on any atom is -0.329 e. The molecular formula is C10H20N2O2S. The molecule has 0 radical (unpaired) electrons. The molecule has 0 bridgehead atoms. The molecular weight excluding hydrogens is 212 g/mol. The minimum absolute atomic E-state index is 0.240. The molecule has 1 aliphatic heterocycles. The van der Waals surface area contributed by atoms with Crippen LogP contribution < -0.4 is 5.73 Å². The molecule has 1 aliphatic carbocycles. The van der Waals surface area contributed by atoms with Crippen LogP contribution in [-0.2, 0) is 9.84 Å². The molecule has 0 aromatic heterocycles. The number of nitrogens with two attached hydrogens (primary N) is 1. The van der Waals surface area contributed by atoms with Gasteiger partial charge in [-0.1, -0.05) is 6.42 Å². The van der Waals surface area contributed by atoms with Gasteiger partial charge in [0.05, 0.1) is 11.5 Å². The van der Waals surface area contributed by atoms with Crippen LogP contribution in [0, 0.1) is 0 Å². The summed E-state index contributed by atoms with van der Waals surface area (Å²) in [5.41, 5.74) is 5.59. The summed E-state index contributed by atoms with van der Waals surface area (Å²) in [4.78, 5) is 2.34. The molecule has 1 saturated carbocycles. The summed E-state index contributed by atoms with van der Waals surface area (Å²) in [6.45, 7) is 1.48. The fourth-order valence-electron chi connectivity index (χ4n) is 2.57. The Hall–Kier alpha value is -0.130. The van der Waals surface area contributed by atoms with Crippen molar-refractivity contribution in [3.63, 3.8) is 0 Å². The maximum absolute atomic E-state index is 11.4. The summed E-state index contributed by atoms with van der Waals surface area (Å²) >= 11 is 0. The van der Waals surface area contributed by atoms with E-state index in [9.17, 15) is 8.42 Å². The van der Waals surface area contributed by atoms with Crippen molar-refractivity contribution < 1.29 is 8.42 Å². The van der Waals surface area contributed by atoms with Gasteiger partial charge >= 0.3 is 0 Å². The normalized spacial score (nSPS) is 30.7. The molecule has 0 amide bonds. The zero-order valence-electron chi connectivity index (χ0n) is 9.06. The van der Waals surface area contributed by atoms with Gasteiger partial charge < -0.3 is 5.73 Å². The fourth-order valence-corrected chi connectivity index (χ4v) is 4.31. The predicted octanol–water partition coefficient (Wildman–Crippen LogP) is -0.0133. The van der Waals surface area contributed by atoms with Crippen LogP contribution in [-0.4, -0.2) is 50.0 Å². The van der Waals surface area contributed by atoms with E-state index in [-0.39, 0.29) is 6.04 Å². The molecule has 4 nitrogen and oxygen atoms in total. The molecule has 2 fully saturated rings. The maximum Gasteiger partial charge on any atom is 0.151 e. The number of rotatable bonds is 4. The third-order valence-electron chi connectivity index (χ3n) is 3.61. The first kappa shape index (κ1) is 11.4. The Morgan fingerprint density at radius 2 is 1.93 bits per heavy atom. The highest BCUT2D eigenvalue weighted by molar-refractivity contribution is 7.91. The van der Waals surface area contributed by atoms with Gasteiger partial charge in [-0.25, -0.2) is 8.42 Å². The van der Waals surface area contributed by atoms with E-state index in [1.807, 2.05) is 0 Å². The van der Waals surface area contributed by atoms with Crippen molar-refractivity contribution in [2.75, 3.05) is 24.6 Å². The smallest absolute Gasteiger partial charge is 0.151 e. The fraction of sp³-hybridized carbons (Fsp3) is 1.00. The molecule has 1 unspecified atom stereocenters. The molecule has 1 saturated heterocycles. The van der Waals surface area contributed by atoms with Crippen molar-refractivity contribution >= 4 is 9.84 Å². The number of nitrogens with zero attached hydrogens (tertiary/aromatic N) is 1. The third-order valence-corrected chi connectivity index (χ3v) is 5.36. The zero-order chi connectivity index (χ0) is 10.9. The Bertz CT molecular complexity index is 311. The minimum atomic E-state index is -2.76. The lowest BCUT2D eigenvalue weighted by Gasteiger charge is -2.40. The van der Waals surface area contributed by atoms with Crippen molar-refractivity contribution in [1.82, 2.24) is 4.90 Å². The lowest BCUT2D eigenvalue weighted by molar-refractivity contribution is 0.0931. The van der Waals surface area contributed by atoms with Crippen molar-refractivity contribution in [1.29, 1.82) is 0 Å². The van der Waals surface area contributed by atoms with Gasteiger partial charge in [-0.3, -0.25) is 4.90 Å². The van der Waals surface area contributed by atoms with Crippen LogP contribution in [0.2, 0.25) is 0 Å². The highest BCUT2D eigenvalue weighted by atomic mass is 32.2. The predicted molar refractivity (Wildman–Crippen MR) is 60.5 cm³/mol. The van der Waals surface area contributed by atoms with Crippen LogP contribution in [0.5, 0.6) is 0 Å². The number of hydrogen-bond acceptors (Lipinski definition) is 4. The SMILES string of the molecule is NCCN(C1CCC1)C1CCS(=O)(=O)C1. The van der Waals surface area contributed by atoms with E-state index in [0.717, 1.165) is 13.0 Å². The summed E-state index contributed by atoms with van der Waals surface area (Å²) in [7, 11) is -2.76. The molecule has 88 valence electrons. The molecule has 0 aromatic rings. The van der Waals surface area contributed by atoms with Crippen LogP contribution >= 0.6 is 0 Å². The number of sulfone groups is 1. The molecule has 2 aliphatic rings. The highest BCUT2D eigenvalue weighted by Gasteiger charge is 2.36. The molecule has 15 heavy (non-hydrogen) atoms. The Kier molecular flexibility index (Phi) is 3.33. The van der Waals surface area contributed by atoms with E-state index in [1.165, 1.54) is 19.3 Å². The Morgan fingerprint density at radius 1 is 1.20 bits per heavy atom. The zero-order valence-corrected chi connectivity index (χ0v) is 9.88. The van der Waals surface area contributed by atoms with Gasteiger partial charge in [-0.2, -0.15) is 0 Å². The van der Waals surface area contributed by atoms with Crippen molar-refractivity contribution in [3.8, 4) is 0 Å². The molecule has 2 rings (SSSR count). The first-order valence-corrected chi connectivity index (χ1v) is 7.61. The quantitative estimate of drug-likeness (QED) is 0.740. The van der Waals surface area contributed by atoms with Gasteiger partial charge in [0, 0.05) is 25.2 Å². The molecule has 0 spiro atoms. The van der Waals surface area contributed by atoms with E-state index in [1.54, 1.807) is 0 Å². The number of hydrogen-bond donors (Lipinski definition) is 1. The topological polar surface area (TPSA) is 63.4 Å². The van der Waals surface area contributed by atoms with Crippen LogP contribution in [0.1, 0.15) is 25.7 Å². The van der Waals surface area contributed by atoms with E-state index in [0.29, 0.717) is 24.1 Å². The van der Waals surface area contributed by atoms with Gasteiger partial charge in [0.15, 0.2) is 9.84 Å². The van der Waals surface area contributed by atoms with E-state index >= 15 is 0 Å². The van der Waals surface area contributed by atoms with Crippen LogP contribution in [0.3, 0.4) is 0 Å². The first-order chi connectivity index (χ1) is 7.12. The largest absolute Gasteiger partial charge is 0.329 e. The van der Waals surface area contributed by atoms with Gasteiger partial charge in [0.2, 0.25) is 0 Å². The van der Waals surface area contributed by atoms with Gasteiger partial charge in [0.25, 0.3) is 0 Å². The lowest BCUT2D eigenvalue weighted by Crippen LogP contribution is -2.49. The summed E-state index contributed by atoms with van der Waals surface area (Å²) < 4.78 is 22.8. The summed E-state index contributed by atoms with van der Waals surface area (Å²) in [6, 6.07) is 0.843. The average Bonchev–Trinajstić information content (AvgIpc) is 2.42. The van der Waals surface area contributed by atoms with Gasteiger partial charge in [0.1, 0.15) is 0 Å². The van der Waals surface area contributed by atoms with E-state index < -0.39 is 9.84 Å². The molecule has 2 N–H and O–H groups in total.